The van der Waals surface area contributed by atoms with Crippen molar-refractivity contribution in [2.75, 3.05) is 6.26 Å². The van der Waals surface area contributed by atoms with E-state index in [4.69, 9.17) is 0 Å². The van der Waals surface area contributed by atoms with Gasteiger partial charge < -0.3 is 0 Å². The van der Waals surface area contributed by atoms with Crippen molar-refractivity contribution >= 4 is 21.8 Å². The molecular weight excluding hydrogens is 422 g/mol. The molecule has 0 bridgehead atoms. The van der Waals surface area contributed by atoms with Crippen LogP contribution in [0.15, 0.2) is 64.4 Å². The van der Waals surface area contributed by atoms with Gasteiger partial charge in [0, 0.05) is 23.7 Å². The number of rotatable bonds is 4. The molecule has 0 amide bonds. The van der Waals surface area contributed by atoms with E-state index in [2.05, 4.69) is 62.3 Å². The van der Waals surface area contributed by atoms with E-state index in [1.165, 1.54) is 39.0 Å². The van der Waals surface area contributed by atoms with E-state index in [0.717, 1.165) is 24.1 Å². The second kappa shape index (κ2) is 8.45. The molecule has 0 spiro atoms. The fourth-order valence-electron chi connectivity index (χ4n) is 4.35. The summed E-state index contributed by atoms with van der Waals surface area (Å²) >= 11 is 1.87. The molecule has 3 aromatic rings. The number of hydrogen-bond donors (Lipinski definition) is 0. The van der Waals surface area contributed by atoms with Crippen molar-refractivity contribution < 1.29 is 8.42 Å². The first-order valence-electron chi connectivity index (χ1n) is 10.6. The van der Waals surface area contributed by atoms with Crippen LogP contribution >= 0.6 is 11.9 Å². The second-order valence-corrected chi connectivity index (χ2v) is 11.8. The van der Waals surface area contributed by atoms with Gasteiger partial charge in [-0.2, -0.15) is 0 Å². The summed E-state index contributed by atoms with van der Waals surface area (Å²) in [5.41, 5.74) is 8.69. The molecule has 0 aliphatic carbocycles. The number of sulfone groups is 1. The summed E-state index contributed by atoms with van der Waals surface area (Å²) in [5.74, 6) is 0. The van der Waals surface area contributed by atoms with Gasteiger partial charge in [0.15, 0.2) is 9.84 Å². The van der Waals surface area contributed by atoms with Crippen LogP contribution in [0.4, 0.5) is 0 Å². The molecule has 0 aromatic heterocycles. The van der Waals surface area contributed by atoms with Crippen molar-refractivity contribution in [1.29, 1.82) is 0 Å². The topological polar surface area (TPSA) is 37.4 Å². The molecule has 162 valence electrons. The average molecular weight is 452 g/mol. The molecule has 0 fully saturated rings. The number of benzene rings is 3. The molecule has 0 N–H and O–H groups in total. The smallest absolute Gasteiger partial charge is 0.175 e. The molecule has 1 aliphatic heterocycles. The predicted octanol–water partition coefficient (Wildman–Crippen LogP) is 6.14. The van der Waals surface area contributed by atoms with Crippen molar-refractivity contribution in [2.24, 2.45) is 0 Å². The van der Waals surface area contributed by atoms with Crippen molar-refractivity contribution in [3.63, 3.8) is 0 Å². The highest BCUT2D eigenvalue weighted by molar-refractivity contribution is 7.97. The minimum atomic E-state index is -3.22. The Kier molecular flexibility index (Phi) is 6.03. The molecule has 3 nitrogen and oxygen atoms in total. The highest BCUT2D eigenvalue weighted by Gasteiger charge is 2.25. The Morgan fingerprint density at radius 1 is 0.903 bits per heavy atom. The molecule has 1 aliphatic rings. The Hall–Kier alpha value is -2.08. The molecule has 0 saturated carbocycles. The summed E-state index contributed by atoms with van der Waals surface area (Å²) in [7, 11) is -3.22. The molecule has 31 heavy (non-hydrogen) atoms. The summed E-state index contributed by atoms with van der Waals surface area (Å²) in [6.07, 6.45) is 2.23. The van der Waals surface area contributed by atoms with Gasteiger partial charge in [-0.1, -0.05) is 48.0 Å². The third-order valence-corrected chi connectivity index (χ3v) is 8.61. The summed E-state index contributed by atoms with van der Waals surface area (Å²) in [6, 6.07) is 18.7. The third kappa shape index (κ3) is 4.74. The van der Waals surface area contributed by atoms with Crippen LogP contribution in [0, 0.1) is 20.8 Å². The second-order valence-electron chi connectivity index (χ2n) is 8.73. The van der Waals surface area contributed by atoms with Crippen LogP contribution in [0.3, 0.4) is 0 Å². The molecule has 1 unspecified atom stereocenters. The van der Waals surface area contributed by atoms with Gasteiger partial charge in [-0.25, -0.2) is 12.7 Å². The zero-order valence-electron chi connectivity index (χ0n) is 18.8. The Bertz CT molecular complexity index is 1230. The number of nitrogens with zero attached hydrogens (tertiary/aromatic N) is 1. The van der Waals surface area contributed by atoms with Gasteiger partial charge in [0.2, 0.25) is 0 Å². The summed E-state index contributed by atoms with van der Waals surface area (Å²) in [5, 5.41) is 0. The van der Waals surface area contributed by atoms with Crippen molar-refractivity contribution in [3.8, 4) is 11.1 Å². The van der Waals surface area contributed by atoms with Crippen LogP contribution in [-0.2, 0) is 22.8 Å². The van der Waals surface area contributed by atoms with E-state index in [-0.39, 0.29) is 0 Å². The van der Waals surface area contributed by atoms with Crippen molar-refractivity contribution in [3.05, 3.63) is 82.4 Å². The first kappa shape index (κ1) is 22.1. The van der Waals surface area contributed by atoms with Gasteiger partial charge in [-0.3, -0.25) is 0 Å². The quantitative estimate of drug-likeness (QED) is 0.447. The molecule has 4 rings (SSSR count). The molecule has 0 radical (unpaired) electrons. The molecule has 3 aromatic carbocycles. The van der Waals surface area contributed by atoms with Gasteiger partial charge in [0.1, 0.15) is 0 Å². The largest absolute Gasteiger partial charge is 0.239 e. The standard InChI is InChI=1S/C26H29NO2S2/c1-17-11-18(2)26(19(3)12-17)30-27-16-23-10-9-22(14-24(23)13-20(27)4)21-7-6-8-25(15-21)31(5,28)29/h6-12,14-15,20H,13,16H2,1-5H3. The molecule has 0 saturated heterocycles. The van der Waals surface area contributed by atoms with Gasteiger partial charge in [-0.15, -0.1) is 0 Å². The van der Waals surface area contributed by atoms with E-state index in [9.17, 15) is 8.42 Å². The summed E-state index contributed by atoms with van der Waals surface area (Å²) < 4.78 is 26.4. The van der Waals surface area contributed by atoms with Gasteiger partial charge in [0.25, 0.3) is 0 Å². The fourth-order valence-corrected chi connectivity index (χ4v) is 6.12. The number of aryl methyl sites for hydroxylation is 3. The molecule has 5 heteroatoms. The lowest BCUT2D eigenvalue weighted by molar-refractivity contribution is 0.342. The number of fused-ring (bicyclic) bond motifs is 1. The van der Waals surface area contributed by atoms with Crippen LogP contribution in [0.5, 0.6) is 0 Å². The Balaban J connectivity index is 1.60. The van der Waals surface area contributed by atoms with Crippen molar-refractivity contribution in [2.45, 2.75) is 56.5 Å². The Morgan fingerprint density at radius 2 is 1.58 bits per heavy atom. The van der Waals surface area contributed by atoms with Crippen LogP contribution in [0.2, 0.25) is 0 Å². The van der Waals surface area contributed by atoms with Gasteiger partial charge in [-0.05, 0) is 91.6 Å². The maximum absolute atomic E-state index is 11.9. The normalized spacial score (nSPS) is 16.9. The fraction of sp³-hybridized carbons (Fsp3) is 0.308. The van der Waals surface area contributed by atoms with Crippen LogP contribution in [0.25, 0.3) is 11.1 Å². The Morgan fingerprint density at radius 3 is 2.26 bits per heavy atom. The lowest BCUT2D eigenvalue weighted by atomic mass is 9.92. The van der Waals surface area contributed by atoms with Crippen LogP contribution in [-0.4, -0.2) is 25.0 Å². The minimum Gasteiger partial charge on any atom is -0.239 e. The number of hydrogen-bond acceptors (Lipinski definition) is 4. The van der Waals surface area contributed by atoms with E-state index in [1.807, 2.05) is 24.1 Å². The monoisotopic (exact) mass is 451 g/mol. The zero-order chi connectivity index (χ0) is 22.3. The van der Waals surface area contributed by atoms with Crippen molar-refractivity contribution in [1.82, 2.24) is 4.31 Å². The molecule has 1 atom stereocenters. The van der Waals surface area contributed by atoms with Gasteiger partial charge in [0.05, 0.1) is 4.90 Å². The maximum Gasteiger partial charge on any atom is 0.175 e. The predicted molar refractivity (Wildman–Crippen MR) is 130 cm³/mol. The highest BCUT2D eigenvalue weighted by Crippen LogP contribution is 2.37. The lowest BCUT2D eigenvalue weighted by Crippen LogP contribution is -2.33. The highest BCUT2D eigenvalue weighted by atomic mass is 32.2. The van der Waals surface area contributed by atoms with E-state index in [1.54, 1.807) is 12.1 Å². The summed E-state index contributed by atoms with van der Waals surface area (Å²) in [4.78, 5) is 1.72. The summed E-state index contributed by atoms with van der Waals surface area (Å²) in [6.45, 7) is 9.73. The van der Waals surface area contributed by atoms with Crippen LogP contribution < -0.4 is 0 Å². The Labute approximate surface area is 190 Å². The van der Waals surface area contributed by atoms with E-state index >= 15 is 0 Å². The average Bonchev–Trinajstić information content (AvgIpc) is 2.70. The van der Waals surface area contributed by atoms with Crippen LogP contribution in [0.1, 0.15) is 34.7 Å². The lowest BCUT2D eigenvalue weighted by Gasteiger charge is -2.34. The third-order valence-electron chi connectivity index (χ3n) is 5.95. The first-order chi connectivity index (χ1) is 14.6. The first-order valence-corrected chi connectivity index (χ1v) is 13.2. The zero-order valence-corrected chi connectivity index (χ0v) is 20.4. The van der Waals surface area contributed by atoms with E-state index < -0.39 is 9.84 Å². The SMILES string of the molecule is Cc1cc(C)c(SN2Cc3ccc(-c4cccc(S(C)(=O)=O)c4)cc3CC2C)c(C)c1. The molecule has 1 heterocycles. The maximum atomic E-state index is 11.9. The van der Waals surface area contributed by atoms with E-state index in [0.29, 0.717) is 10.9 Å². The minimum absolute atomic E-state index is 0.363. The van der Waals surface area contributed by atoms with Gasteiger partial charge >= 0.3 is 0 Å². The molecular formula is C26H29NO2S2.